The summed E-state index contributed by atoms with van der Waals surface area (Å²) in [5.74, 6) is 1.21. The van der Waals surface area contributed by atoms with Gasteiger partial charge in [-0.05, 0) is 48.4 Å². The van der Waals surface area contributed by atoms with Crippen LogP contribution >= 0.6 is 11.6 Å². The molecule has 6 heteroatoms. The van der Waals surface area contributed by atoms with Crippen molar-refractivity contribution in [3.8, 4) is 5.75 Å². The minimum Gasteiger partial charge on any atom is -0.496 e. The van der Waals surface area contributed by atoms with Gasteiger partial charge in [-0.3, -0.25) is 4.79 Å². The Bertz CT molecular complexity index is 1020. The maximum Gasteiger partial charge on any atom is 0.262 e. The number of nitrogens with one attached hydrogen (secondary N) is 1. The normalized spacial score (nSPS) is 12.6. The second-order valence-corrected chi connectivity index (χ2v) is 6.98. The lowest BCUT2D eigenvalue weighted by Crippen LogP contribution is -2.29. The van der Waals surface area contributed by atoms with Gasteiger partial charge in [0, 0.05) is 35.6 Å². The first-order valence-corrected chi connectivity index (χ1v) is 9.46. The third kappa shape index (κ3) is 3.53. The lowest BCUT2D eigenvalue weighted by Gasteiger charge is -2.19. The number of carbonyl (C=O) groups is 1. The molecule has 1 aromatic heterocycles. The molecule has 28 heavy (non-hydrogen) atoms. The number of rotatable bonds is 5. The molecule has 0 bridgehead atoms. The van der Waals surface area contributed by atoms with Crippen LogP contribution in [-0.4, -0.2) is 24.5 Å². The van der Waals surface area contributed by atoms with E-state index in [1.807, 2.05) is 35.2 Å². The van der Waals surface area contributed by atoms with Crippen molar-refractivity contribution < 1.29 is 9.53 Å². The van der Waals surface area contributed by atoms with Gasteiger partial charge in [-0.25, -0.2) is 4.98 Å². The molecule has 142 valence electrons. The second-order valence-electron chi connectivity index (χ2n) is 6.54. The molecule has 1 amide bonds. The summed E-state index contributed by atoms with van der Waals surface area (Å²) in [6.07, 6.45) is 2.54. The molecule has 2 aromatic carbocycles. The van der Waals surface area contributed by atoms with E-state index in [0.717, 1.165) is 23.4 Å². The Morgan fingerprint density at radius 1 is 1.21 bits per heavy atom. The molecule has 0 atom stereocenters. The zero-order valence-electron chi connectivity index (χ0n) is 15.5. The van der Waals surface area contributed by atoms with Gasteiger partial charge in [0.05, 0.1) is 12.7 Å². The largest absolute Gasteiger partial charge is 0.496 e. The van der Waals surface area contributed by atoms with E-state index in [0.29, 0.717) is 29.5 Å². The fourth-order valence-corrected chi connectivity index (χ4v) is 3.67. The Morgan fingerprint density at radius 2 is 2.07 bits per heavy atom. The van der Waals surface area contributed by atoms with Crippen molar-refractivity contribution in [1.82, 2.24) is 4.98 Å². The van der Waals surface area contributed by atoms with Gasteiger partial charge >= 0.3 is 0 Å². The van der Waals surface area contributed by atoms with E-state index in [9.17, 15) is 4.79 Å². The SMILES string of the molecule is COc1ccc(Cl)cc1CNc1ncccc1C(=O)N1CCc2ccccc21. The first-order valence-electron chi connectivity index (χ1n) is 9.08. The lowest BCUT2D eigenvalue weighted by molar-refractivity contribution is 0.0990. The summed E-state index contributed by atoms with van der Waals surface area (Å²) in [5.41, 5.74) is 3.60. The minimum atomic E-state index is -0.0568. The van der Waals surface area contributed by atoms with Crippen molar-refractivity contribution in [3.63, 3.8) is 0 Å². The van der Waals surface area contributed by atoms with Gasteiger partial charge in [0.25, 0.3) is 5.91 Å². The molecule has 0 aliphatic carbocycles. The van der Waals surface area contributed by atoms with Gasteiger partial charge in [0.15, 0.2) is 0 Å². The summed E-state index contributed by atoms with van der Waals surface area (Å²) in [5, 5.41) is 3.89. The Kier molecular flexibility index (Phi) is 5.17. The van der Waals surface area contributed by atoms with E-state index in [1.165, 1.54) is 5.56 Å². The van der Waals surface area contributed by atoms with Gasteiger partial charge < -0.3 is 15.0 Å². The maximum atomic E-state index is 13.2. The third-order valence-electron chi connectivity index (χ3n) is 4.86. The van der Waals surface area contributed by atoms with E-state index in [-0.39, 0.29) is 5.91 Å². The molecule has 0 saturated heterocycles. The molecule has 0 saturated carbocycles. The topological polar surface area (TPSA) is 54.5 Å². The number of carbonyl (C=O) groups excluding carboxylic acids is 1. The van der Waals surface area contributed by atoms with E-state index < -0.39 is 0 Å². The number of para-hydroxylation sites is 1. The monoisotopic (exact) mass is 393 g/mol. The van der Waals surface area contributed by atoms with E-state index >= 15 is 0 Å². The summed E-state index contributed by atoms with van der Waals surface area (Å²) in [7, 11) is 1.62. The number of benzene rings is 2. The predicted molar refractivity (Wildman–Crippen MR) is 111 cm³/mol. The van der Waals surface area contributed by atoms with Gasteiger partial charge in [-0.15, -0.1) is 0 Å². The highest BCUT2D eigenvalue weighted by Crippen LogP contribution is 2.30. The average molecular weight is 394 g/mol. The number of anilines is 2. The fourth-order valence-electron chi connectivity index (χ4n) is 3.48. The van der Waals surface area contributed by atoms with Gasteiger partial charge in [0.1, 0.15) is 11.6 Å². The number of hydrogen-bond donors (Lipinski definition) is 1. The van der Waals surface area contributed by atoms with Gasteiger partial charge in [-0.2, -0.15) is 0 Å². The van der Waals surface area contributed by atoms with Crippen LogP contribution in [0.25, 0.3) is 0 Å². The molecule has 0 fully saturated rings. The number of halogens is 1. The van der Waals surface area contributed by atoms with Crippen LogP contribution in [0, 0.1) is 0 Å². The number of amides is 1. The van der Waals surface area contributed by atoms with E-state index in [1.54, 1.807) is 31.5 Å². The zero-order chi connectivity index (χ0) is 19.5. The predicted octanol–water partition coefficient (Wildman–Crippen LogP) is 4.56. The first kappa shape index (κ1) is 18.3. The maximum absolute atomic E-state index is 13.2. The van der Waals surface area contributed by atoms with Crippen molar-refractivity contribution in [1.29, 1.82) is 0 Å². The van der Waals surface area contributed by atoms with Crippen molar-refractivity contribution >= 4 is 29.0 Å². The van der Waals surface area contributed by atoms with Crippen LogP contribution in [0.15, 0.2) is 60.8 Å². The molecule has 0 unspecified atom stereocenters. The smallest absolute Gasteiger partial charge is 0.262 e. The molecule has 1 aliphatic rings. The number of ether oxygens (including phenoxy) is 1. The van der Waals surface area contributed by atoms with Crippen molar-refractivity contribution in [2.45, 2.75) is 13.0 Å². The minimum absolute atomic E-state index is 0.0568. The lowest BCUT2D eigenvalue weighted by atomic mass is 10.1. The van der Waals surface area contributed by atoms with Crippen LogP contribution in [-0.2, 0) is 13.0 Å². The highest BCUT2D eigenvalue weighted by Gasteiger charge is 2.27. The molecule has 0 radical (unpaired) electrons. The Balaban J connectivity index is 1.58. The molecule has 2 heterocycles. The molecular formula is C22H20ClN3O2. The summed E-state index contributed by atoms with van der Waals surface area (Å²) in [6.45, 7) is 1.12. The van der Waals surface area contributed by atoms with Crippen molar-refractivity contribution in [3.05, 3.63) is 82.5 Å². The average Bonchev–Trinajstić information content (AvgIpc) is 3.16. The third-order valence-corrected chi connectivity index (χ3v) is 5.09. The van der Waals surface area contributed by atoms with E-state index in [4.69, 9.17) is 16.3 Å². The number of hydrogen-bond acceptors (Lipinski definition) is 4. The Hall–Kier alpha value is -3.05. The number of nitrogens with zero attached hydrogens (tertiary/aromatic N) is 2. The summed E-state index contributed by atoms with van der Waals surface area (Å²) < 4.78 is 5.39. The summed E-state index contributed by atoms with van der Waals surface area (Å²) in [6, 6.07) is 17.0. The number of aromatic nitrogens is 1. The molecular weight excluding hydrogens is 374 g/mol. The molecule has 5 nitrogen and oxygen atoms in total. The summed E-state index contributed by atoms with van der Waals surface area (Å²) in [4.78, 5) is 19.4. The zero-order valence-corrected chi connectivity index (χ0v) is 16.2. The van der Waals surface area contributed by atoms with Crippen LogP contribution < -0.4 is 15.0 Å². The molecule has 1 N–H and O–H groups in total. The van der Waals surface area contributed by atoms with Crippen LogP contribution in [0.2, 0.25) is 5.02 Å². The highest BCUT2D eigenvalue weighted by atomic mass is 35.5. The number of fused-ring (bicyclic) bond motifs is 1. The van der Waals surface area contributed by atoms with Crippen LogP contribution in [0.3, 0.4) is 0 Å². The Morgan fingerprint density at radius 3 is 2.93 bits per heavy atom. The standard InChI is InChI=1S/C22H20ClN3O2/c1-28-20-9-8-17(23)13-16(20)14-25-21-18(6-4-11-24-21)22(27)26-12-10-15-5-2-3-7-19(15)26/h2-9,11,13H,10,12,14H2,1H3,(H,24,25). The van der Waals surface area contributed by atoms with Crippen LogP contribution in [0.5, 0.6) is 5.75 Å². The highest BCUT2D eigenvalue weighted by molar-refractivity contribution is 6.30. The van der Waals surface area contributed by atoms with E-state index in [2.05, 4.69) is 16.4 Å². The molecule has 0 spiro atoms. The van der Waals surface area contributed by atoms with Crippen molar-refractivity contribution in [2.24, 2.45) is 0 Å². The van der Waals surface area contributed by atoms with Crippen molar-refractivity contribution in [2.75, 3.05) is 23.9 Å². The quantitative estimate of drug-likeness (QED) is 0.690. The first-order chi connectivity index (χ1) is 13.7. The molecule has 1 aliphatic heterocycles. The number of pyridine rings is 1. The van der Waals surface area contributed by atoms with Gasteiger partial charge in [0.2, 0.25) is 0 Å². The van der Waals surface area contributed by atoms with Crippen LogP contribution in [0.4, 0.5) is 11.5 Å². The fraction of sp³-hybridized carbons (Fsp3) is 0.182. The summed E-state index contributed by atoms with van der Waals surface area (Å²) >= 11 is 6.11. The second kappa shape index (κ2) is 7.90. The number of methoxy groups -OCH3 is 1. The van der Waals surface area contributed by atoms with Crippen LogP contribution in [0.1, 0.15) is 21.5 Å². The van der Waals surface area contributed by atoms with Gasteiger partial charge in [-0.1, -0.05) is 29.8 Å². The molecule has 4 rings (SSSR count). The Labute approximate surface area is 168 Å². The molecule has 3 aromatic rings.